The number of carbonyl (C=O) groups is 2. The Hall–Kier alpha value is -2.82. The van der Waals surface area contributed by atoms with E-state index in [9.17, 15) is 9.59 Å². The van der Waals surface area contributed by atoms with Crippen LogP contribution in [0.5, 0.6) is 11.5 Å². The molecule has 5 nitrogen and oxygen atoms in total. The van der Waals surface area contributed by atoms with E-state index >= 15 is 0 Å². The predicted octanol–water partition coefficient (Wildman–Crippen LogP) is 4.26. The molecule has 25 heavy (non-hydrogen) atoms. The van der Waals surface area contributed by atoms with Gasteiger partial charge in [-0.05, 0) is 55.0 Å². The Kier molecular flexibility index (Phi) is 7.01. The van der Waals surface area contributed by atoms with Crippen molar-refractivity contribution in [2.75, 3.05) is 13.7 Å². The van der Waals surface area contributed by atoms with Crippen LogP contribution >= 0.6 is 0 Å². The Labute approximate surface area is 147 Å². The topological polar surface area (TPSA) is 61.8 Å². The van der Waals surface area contributed by atoms with E-state index in [1.54, 1.807) is 48.5 Å². The standard InChI is InChI=1S/C20H22O5/c1-3-4-5-14-24-17-10-6-16(7-11-17)20(22)25-18-12-8-15(9-13-18)19(21)23-2/h6-13H,3-5,14H2,1-2H3. The maximum Gasteiger partial charge on any atom is 0.343 e. The summed E-state index contributed by atoms with van der Waals surface area (Å²) < 4.78 is 15.5. The Morgan fingerprint density at radius 2 is 1.36 bits per heavy atom. The minimum Gasteiger partial charge on any atom is -0.494 e. The van der Waals surface area contributed by atoms with Gasteiger partial charge in [-0.1, -0.05) is 19.8 Å². The van der Waals surface area contributed by atoms with Crippen LogP contribution in [0.1, 0.15) is 46.9 Å². The third-order valence-corrected chi connectivity index (χ3v) is 3.59. The number of benzene rings is 2. The van der Waals surface area contributed by atoms with Gasteiger partial charge >= 0.3 is 11.9 Å². The largest absolute Gasteiger partial charge is 0.494 e. The van der Waals surface area contributed by atoms with Crippen molar-refractivity contribution in [1.29, 1.82) is 0 Å². The smallest absolute Gasteiger partial charge is 0.343 e. The highest BCUT2D eigenvalue weighted by atomic mass is 16.5. The molecular formula is C20H22O5. The van der Waals surface area contributed by atoms with Crippen molar-refractivity contribution in [3.05, 3.63) is 59.7 Å². The highest BCUT2D eigenvalue weighted by Crippen LogP contribution is 2.17. The molecule has 0 fully saturated rings. The molecule has 0 aliphatic carbocycles. The molecule has 132 valence electrons. The van der Waals surface area contributed by atoms with Crippen molar-refractivity contribution < 1.29 is 23.8 Å². The van der Waals surface area contributed by atoms with E-state index in [1.807, 2.05) is 0 Å². The summed E-state index contributed by atoms with van der Waals surface area (Å²) in [6, 6.07) is 13.0. The lowest BCUT2D eigenvalue weighted by atomic mass is 10.2. The fourth-order valence-electron chi connectivity index (χ4n) is 2.17. The summed E-state index contributed by atoms with van der Waals surface area (Å²) in [4.78, 5) is 23.5. The Bertz CT molecular complexity index is 689. The fourth-order valence-corrected chi connectivity index (χ4v) is 2.17. The molecule has 0 aliphatic heterocycles. The number of hydrogen-bond acceptors (Lipinski definition) is 5. The van der Waals surface area contributed by atoms with Crippen molar-refractivity contribution in [1.82, 2.24) is 0 Å². The summed E-state index contributed by atoms with van der Waals surface area (Å²) in [7, 11) is 1.31. The van der Waals surface area contributed by atoms with Gasteiger partial charge < -0.3 is 14.2 Å². The normalized spacial score (nSPS) is 10.2. The van der Waals surface area contributed by atoms with Crippen LogP contribution < -0.4 is 9.47 Å². The first-order valence-corrected chi connectivity index (χ1v) is 8.27. The Balaban J connectivity index is 1.91. The molecule has 0 aromatic heterocycles. The van der Waals surface area contributed by atoms with Crippen molar-refractivity contribution in [3.63, 3.8) is 0 Å². The molecule has 0 heterocycles. The minimum atomic E-state index is -0.469. The molecule has 0 spiro atoms. The van der Waals surface area contributed by atoms with Gasteiger partial charge in [-0.25, -0.2) is 9.59 Å². The van der Waals surface area contributed by atoms with Gasteiger partial charge in [0.05, 0.1) is 24.8 Å². The van der Waals surface area contributed by atoms with Crippen LogP contribution in [0.2, 0.25) is 0 Å². The molecule has 2 aromatic carbocycles. The Morgan fingerprint density at radius 1 is 0.800 bits per heavy atom. The van der Waals surface area contributed by atoms with E-state index in [-0.39, 0.29) is 0 Å². The second kappa shape index (κ2) is 9.47. The van der Waals surface area contributed by atoms with Crippen LogP contribution in [-0.2, 0) is 4.74 Å². The molecule has 0 radical (unpaired) electrons. The zero-order chi connectivity index (χ0) is 18.1. The van der Waals surface area contributed by atoms with E-state index in [0.29, 0.717) is 23.5 Å². The maximum atomic E-state index is 12.1. The number of methoxy groups -OCH3 is 1. The summed E-state index contributed by atoms with van der Waals surface area (Å²) >= 11 is 0. The van der Waals surface area contributed by atoms with Crippen LogP contribution in [-0.4, -0.2) is 25.7 Å². The maximum absolute atomic E-state index is 12.1. The lowest BCUT2D eigenvalue weighted by Gasteiger charge is -2.07. The van der Waals surface area contributed by atoms with Crippen molar-refractivity contribution in [2.24, 2.45) is 0 Å². The lowest BCUT2D eigenvalue weighted by molar-refractivity contribution is 0.0600. The number of carbonyl (C=O) groups excluding carboxylic acids is 2. The molecule has 0 bridgehead atoms. The van der Waals surface area contributed by atoms with Gasteiger partial charge in [0.1, 0.15) is 11.5 Å². The van der Waals surface area contributed by atoms with Crippen molar-refractivity contribution >= 4 is 11.9 Å². The number of rotatable bonds is 8. The molecule has 2 rings (SSSR count). The fraction of sp³-hybridized carbons (Fsp3) is 0.300. The Morgan fingerprint density at radius 3 is 1.92 bits per heavy atom. The molecule has 0 saturated carbocycles. The second-order valence-corrected chi connectivity index (χ2v) is 5.49. The summed E-state index contributed by atoms with van der Waals surface area (Å²) in [5.41, 5.74) is 0.824. The first-order valence-electron chi connectivity index (χ1n) is 8.27. The molecular weight excluding hydrogens is 320 g/mol. The lowest BCUT2D eigenvalue weighted by Crippen LogP contribution is -2.09. The number of hydrogen-bond donors (Lipinski definition) is 0. The van der Waals surface area contributed by atoms with Crippen molar-refractivity contribution in [2.45, 2.75) is 26.2 Å². The van der Waals surface area contributed by atoms with E-state index in [2.05, 4.69) is 11.7 Å². The second-order valence-electron chi connectivity index (χ2n) is 5.49. The highest BCUT2D eigenvalue weighted by Gasteiger charge is 2.10. The number of ether oxygens (including phenoxy) is 3. The first-order chi connectivity index (χ1) is 12.1. The number of unbranched alkanes of at least 4 members (excludes halogenated alkanes) is 2. The molecule has 0 saturated heterocycles. The quantitative estimate of drug-likeness (QED) is 0.407. The van der Waals surface area contributed by atoms with Gasteiger partial charge in [0.25, 0.3) is 0 Å². The minimum absolute atomic E-state index is 0.359. The molecule has 0 N–H and O–H groups in total. The van der Waals surface area contributed by atoms with Gasteiger partial charge in [0.15, 0.2) is 0 Å². The molecule has 0 aliphatic rings. The third kappa shape index (κ3) is 5.64. The predicted molar refractivity (Wildman–Crippen MR) is 94.2 cm³/mol. The SMILES string of the molecule is CCCCCOc1ccc(C(=O)Oc2ccc(C(=O)OC)cc2)cc1. The van der Waals surface area contributed by atoms with Gasteiger partial charge in [0, 0.05) is 0 Å². The molecule has 0 atom stereocenters. The van der Waals surface area contributed by atoms with E-state index < -0.39 is 11.9 Å². The van der Waals surface area contributed by atoms with Crippen LogP contribution in [0.3, 0.4) is 0 Å². The molecule has 0 amide bonds. The average molecular weight is 342 g/mol. The van der Waals surface area contributed by atoms with Gasteiger partial charge in [-0.15, -0.1) is 0 Å². The highest BCUT2D eigenvalue weighted by molar-refractivity contribution is 5.92. The first kappa shape index (κ1) is 18.5. The zero-order valence-electron chi connectivity index (χ0n) is 14.5. The summed E-state index contributed by atoms with van der Waals surface area (Å²) in [6.07, 6.45) is 3.30. The monoisotopic (exact) mass is 342 g/mol. The van der Waals surface area contributed by atoms with Crippen LogP contribution in [0.15, 0.2) is 48.5 Å². The zero-order valence-corrected chi connectivity index (χ0v) is 14.5. The van der Waals surface area contributed by atoms with E-state index in [0.717, 1.165) is 25.0 Å². The summed E-state index contributed by atoms with van der Waals surface area (Å²) in [5.74, 6) is 0.184. The van der Waals surface area contributed by atoms with Gasteiger partial charge in [-0.3, -0.25) is 0 Å². The molecule has 5 heteroatoms. The van der Waals surface area contributed by atoms with Crippen LogP contribution in [0.25, 0.3) is 0 Å². The molecule has 2 aromatic rings. The van der Waals surface area contributed by atoms with Crippen molar-refractivity contribution in [3.8, 4) is 11.5 Å². The third-order valence-electron chi connectivity index (χ3n) is 3.59. The van der Waals surface area contributed by atoms with Crippen LogP contribution in [0, 0.1) is 0 Å². The average Bonchev–Trinajstić information content (AvgIpc) is 2.65. The van der Waals surface area contributed by atoms with E-state index in [4.69, 9.17) is 9.47 Å². The summed E-state index contributed by atoms with van der Waals surface area (Å²) in [6.45, 7) is 2.81. The van der Waals surface area contributed by atoms with Crippen LogP contribution in [0.4, 0.5) is 0 Å². The van der Waals surface area contributed by atoms with Gasteiger partial charge in [0.2, 0.25) is 0 Å². The molecule has 0 unspecified atom stereocenters. The summed E-state index contributed by atoms with van der Waals surface area (Å²) in [5, 5.41) is 0. The van der Waals surface area contributed by atoms with Gasteiger partial charge in [-0.2, -0.15) is 0 Å². The number of esters is 2. The van der Waals surface area contributed by atoms with E-state index in [1.165, 1.54) is 7.11 Å².